The number of benzene rings is 1. The van der Waals surface area contributed by atoms with Crippen LogP contribution in [0, 0.1) is 6.92 Å². The van der Waals surface area contributed by atoms with E-state index in [0.29, 0.717) is 0 Å². The normalized spacial score (nSPS) is 16.1. The topological polar surface area (TPSA) is 17.1 Å². The minimum Gasteiger partial charge on any atom is -0.289 e. The Morgan fingerprint density at radius 3 is 2.44 bits per heavy atom. The van der Waals surface area contributed by atoms with Gasteiger partial charge in [-0.3, -0.25) is 4.79 Å². The second-order valence-electron chi connectivity index (χ2n) is 4.35. The van der Waals surface area contributed by atoms with Gasteiger partial charge in [-0.15, -0.1) is 11.3 Å². The van der Waals surface area contributed by atoms with Crippen molar-refractivity contribution >= 4 is 35.3 Å². The van der Waals surface area contributed by atoms with Gasteiger partial charge in [-0.2, -0.15) is 0 Å². The number of fused-ring (bicyclic) bond motifs is 1. The first-order chi connectivity index (χ1) is 8.74. The zero-order valence-electron chi connectivity index (χ0n) is 10.0. The lowest BCUT2D eigenvalue weighted by molar-refractivity contribution is -0.109. The molecule has 0 atom stereocenters. The second-order valence-corrected chi connectivity index (χ2v) is 5.30. The summed E-state index contributed by atoms with van der Waals surface area (Å²) in [7, 11) is 0. The number of Topliss-reactive ketones (excluding diaryl/α,β-unsaturated/α-hetero) is 1. The maximum Gasteiger partial charge on any atom is 0.186 e. The Morgan fingerprint density at radius 1 is 1.06 bits per heavy atom. The van der Waals surface area contributed by atoms with Gasteiger partial charge in [-0.1, -0.05) is 24.3 Å². The molecule has 1 aromatic heterocycles. The monoisotopic (exact) mass is 252 g/mol. The molecule has 1 aromatic carbocycles. The molecule has 1 aliphatic rings. The number of hydrogen-bond donors (Lipinski definition) is 0. The summed E-state index contributed by atoms with van der Waals surface area (Å²) >= 11 is 1.66. The zero-order chi connectivity index (χ0) is 12.5. The Kier molecular flexibility index (Phi) is 2.73. The maximum atomic E-state index is 12.0. The number of ketones is 1. The minimum atomic E-state index is 0.0847. The van der Waals surface area contributed by atoms with Crippen molar-refractivity contribution in [3.63, 3.8) is 0 Å². The van der Waals surface area contributed by atoms with Gasteiger partial charge in [0.15, 0.2) is 5.78 Å². The average Bonchev–Trinajstić information content (AvgIpc) is 2.76. The molecule has 1 heterocycles. The number of carbonyl (C=O) groups is 1. The molecule has 0 saturated carbocycles. The standard InChI is InChI=1S/C16H12OS/c1-11-6-7-18-16(11)10-14-8-12-4-2-3-5-13(12)9-15(14)17/h2-10H,1H3. The quantitative estimate of drug-likeness (QED) is 0.712. The number of hydrogen-bond acceptors (Lipinski definition) is 2. The largest absolute Gasteiger partial charge is 0.289 e. The lowest BCUT2D eigenvalue weighted by atomic mass is 10.0. The van der Waals surface area contributed by atoms with Crippen LogP contribution in [-0.4, -0.2) is 5.78 Å². The molecule has 18 heavy (non-hydrogen) atoms. The van der Waals surface area contributed by atoms with Crippen LogP contribution in [-0.2, 0) is 4.79 Å². The molecule has 0 unspecified atom stereocenters. The van der Waals surface area contributed by atoms with E-state index in [2.05, 4.69) is 13.0 Å². The third kappa shape index (κ3) is 1.95. The molecular formula is C16H12OS. The highest BCUT2D eigenvalue weighted by molar-refractivity contribution is 7.11. The molecule has 3 rings (SSSR count). The van der Waals surface area contributed by atoms with Crippen LogP contribution in [0.5, 0.6) is 0 Å². The van der Waals surface area contributed by atoms with Gasteiger partial charge in [0.1, 0.15) is 0 Å². The van der Waals surface area contributed by atoms with E-state index in [1.165, 1.54) is 5.56 Å². The first-order valence-corrected chi connectivity index (χ1v) is 6.71. The molecule has 0 bridgehead atoms. The first-order valence-electron chi connectivity index (χ1n) is 5.83. The Morgan fingerprint density at radius 2 is 1.78 bits per heavy atom. The third-order valence-electron chi connectivity index (χ3n) is 3.07. The van der Waals surface area contributed by atoms with Crippen molar-refractivity contribution in [2.45, 2.75) is 6.92 Å². The highest BCUT2D eigenvalue weighted by Crippen LogP contribution is 2.20. The molecule has 0 spiro atoms. The molecule has 1 nitrogen and oxygen atoms in total. The maximum absolute atomic E-state index is 12.0. The van der Waals surface area contributed by atoms with Crippen LogP contribution in [0.3, 0.4) is 0 Å². The molecule has 0 saturated heterocycles. The molecule has 1 aliphatic carbocycles. The van der Waals surface area contributed by atoms with Crippen LogP contribution in [0.4, 0.5) is 0 Å². The van der Waals surface area contributed by atoms with Crippen LogP contribution in [0.25, 0.3) is 18.2 Å². The number of thiophene rings is 1. The van der Waals surface area contributed by atoms with Gasteiger partial charge in [0.2, 0.25) is 0 Å². The molecule has 88 valence electrons. The van der Waals surface area contributed by atoms with E-state index in [9.17, 15) is 4.79 Å². The Labute approximate surface area is 109 Å². The van der Waals surface area contributed by atoms with Crippen molar-refractivity contribution in [2.24, 2.45) is 0 Å². The summed E-state index contributed by atoms with van der Waals surface area (Å²) < 4.78 is 0. The molecule has 0 fully saturated rings. The van der Waals surface area contributed by atoms with E-state index in [1.807, 2.05) is 41.8 Å². The third-order valence-corrected chi connectivity index (χ3v) is 4.03. The fourth-order valence-electron chi connectivity index (χ4n) is 2.02. The van der Waals surface area contributed by atoms with E-state index in [1.54, 1.807) is 17.4 Å². The fourth-order valence-corrected chi connectivity index (χ4v) is 2.89. The summed E-state index contributed by atoms with van der Waals surface area (Å²) in [5, 5.41) is 4.16. The van der Waals surface area contributed by atoms with Crippen LogP contribution < -0.4 is 10.4 Å². The van der Waals surface area contributed by atoms with Crippen molar-refractivity contribution in [1.29, 1.82) is 0 Å². The van der Waals surface area contributed by atoms with Crippen molar-refractivity contribution in [3.05, 3.63) is 62.2 Å². The van der Waals surface area contributed by atoms with Gasteiger partial charge < -0.3 is 0 Å². The van der Waals surface area contributed by atoms with E-state index in [-0.39, 0.29) is 5.78 Å². The first kappa shape index (κ1) is 11.2. The van der Waals surface area contributed by atoms with Gasteiger partial charge in [-0.05, 0) is 52.6 Å². The van der Waals surface area contributed by atoms with E-state index in [0.717, 1.165) is 20.9 Å². The van der Waals surface area contributed by atoms with Gasteiger partial charge in [0, 0.05) is 10.5 Å². The number of rotatable bonds is 1. The van der Waals surface area contributed by atoms with Gasteiger partial charge in [0.05, 0.1) is 0 Å². The van der Waals surface area contributed by atoms with Crippen molar-refractivity contribution in [2.75, 3.05) is 0 Å². The lowest BCUT2D eigenvalue weighted by Gasteiger charge is -2.03. The number of aryl methyl sites for hydroxylation is 1. The van der Waals surface area contributed by atoms with Crippen molar-refractivity contribution < 1.29 is 4.79 Å². The minimum absolute atomic E-state index is 0.0847. The Hall–Kier alpha value is -1.93. The molecular weight excluding hydrogens is 240 g/mol. The molecule has 2 heteroatoms. The van der Waals surface area contributed by atoms with Crippen LogP contribution in [0.15, 0.2) is 41.3 Å². The average molecular weight is 252 g/mol. The predicted octanol–water partition coefficient (Wildman–Crippen LogP) is 2.28. The summed E-state index contributed by atoms with van der Waals surface area (Å²) in [4.78, 5) is 13.2. The number of allylic oxidation sites excluding steroid dienone is 1. The highest BCUT2D eigenvalue weighted by atomic mass is 32.1. The smallest absolute Gasteiger partial charge is 0.186 e. The van der Waals surface area contributed by atoms with Crippen molar-refractivity contribution in [3.8, 4) is 0 Å². The summed E-state index contributed by atoms with van der Waals surface area (Å²) in [5.74, 6) is 0.0847. The molecule has 0 aliphatic heterocycles. The Balaban J connectivity index is 2.17. The van der Waals surface area contributed by atoms with Crippen LogP contribution in [0.2, 0.25) is 0 Å². The Bertz CT molecular complexity index is 762. The predicted molar refractivity (Wildman–Crippen MR) is 76.7 cm³/mol. The molecule has 0 radical (unpaired) electrons. The van der Waals surface area contributed by atoms with E-state index < -0.39 is 0 Å². The van der Waals surface area contributed by atoms with Gasteiger partial charge >= 0.3 is 0 Å². The lowest BCUT2D eigenvalue weighted by Crippen LogP contribution is -2.29. The van der Waals surface area contributed by atoms with E-state index in [4.69, 9.17) is 0 Å². The van der Waals surface area contributed by atoms with Crippen LogP contribution in [0.1, 0.15) is 10.4 Å². The van der Waals surface area contributed by atoms with Gasteiger partial charge in [0.25, 0.3) is 0 Å². The van der Waals surface area contributed by atoms with Gasteiger partial charge in [-0.25, -0.2) is 0 Å². The number of carbonyl (C=O) groups excluding carboxylic acids is 1. The fraction of sp³-hybridized carbons (Fsp3) is 0.0625. The molecule has 2 aromatic rings. The summed E-state index contributed by atoms with van der Waals surface area (Å²) in [6.07, 6.45) is 5.66. The van der Waals surface area contributed by atoms with E-state index >= 15 is 0 Å². The SMILES string of the molecule is Cc1ccsc1C=C1C=c2ccccc2=CC1=O. The molecule has 0 amide bonds. The summed E-state index contributed by atoms with van der Waals surface area (Å²) in [6.45, 7) is 2.06. The molecule has 0 N–H and O–H groups in total. The van der Waals surface area contributed by atoms with Crippen molar-refractivity contribution in [1.82, 2.24) is 0 Å². The van der Waals surface area contributed by atoms with Crippen LogP contribution >= 0.6 is 11.3 Å². The summed E-state index contributed by atoms with van der Waals surface area (Å²) in [5.41, 5.74) is 1.98. The zero-order valence-corrected chi connectivity index (χ0v) is 10.8. The summed E-state index contributed by atoms with van der Waals surface area (Å²) in [6, 6.07) is 10.0. The highest BCUT2D eigenvalue weighted by Gasteiger charge is 2.09. The second kappa shape index (κ2) is 4.39.